The van der Waals surface area contributed by atoms with Crippen molar-refractivity contribution < 1.29 is 22.7 Å². The third-order valence-corrected chi connectivity index (χ3v) is 10.6. The highest BCUT2D eigenvalue weighted by atomic mass is 35.5. The molecule has 0 radical (unpaired) electrons. The van der Waals surface area contributed by atoms with E-state index in [1.807, 2.05) is 49.6 Å². The number of hydrogen-bond acceptors (Lipinski definition) is 6. The summed E-state index contributed by atoms with van der Waals surface area (Å²) < 4.78 is 35.8. The van der Waals surface area contributed by atoms with E-state index in [2.05, 4.69) is 5.32 Å². The van der Waals surface area contributed by atoms with E-state index in [1.54, 1.807) is 61.5 Å². The molecule has 4 aromatic rings. The second-order valence-corrected chi connectivity index (χ2v) is 14.2. The summed E-state index contributed by atoms with van der Waals surface area (Å²) in [6, 6.07) is 28.8. The number of anilines is 1. The van der Waals surface area contributed by atoms with Gasteiger partial charge >= 0.3 is 0 Å². The summed E-state index contributed by atoms with van der Waals surface area (Å²) in [5.41, 5.74) is 1.69. The molecule has 48 heavy (non-hydrogen) atoms. The zero-order valence-corrected chi connectivity index (χ0v) is 29.9. The highest BCUT2D eigenvalue weighted by Crippen LogP contribution is 2.33. The van der Waals surface area contributed by atoms with Crippen molar-refractivity contribution in [1.82, 2.24) is 10.2 Å². The number of sulfonamides is 1. The number of amides is 2. The fourth-order valence-electron chi connectivity index (χ4n) is 5.20. The third-order valence-electron chi connectivity index (χ3n) is 7.76. The van der Waals surface area contributed by atoms with Gasteiger partial charge in [-0.05, 0) is 73.2 Å². The van der Waals surface area contributed by atoms with Gasteiger partial charge in [-0.3, -0.25) is 13.9 Å². The Morgan fingerprint density at radius 3 is 2.23 bits per heavy atom. The Morgan fingerprint density at radius 1 is 0.896 bits per heavy atom. The second-order valence-electron chi connectivity index (χ2n) is 11.1. The van der Waals surface area contributed by atoms with Gasteiger partial charge in [-0.1, -0.05) is 85.6 Å². The molecule has 0 fully saturated rings. The Kier molecular flexibility index (Phi) is 13.8. The summed E-state index contributed by atoms with van der Waals surface area (Å²) in [7, 11) is -4.28. The van der Waals surface area contributed by atoms with Crippen LogP contribution >= 0.6 is 23.4 Å². The number of rotatable bonds is 17. The van der Waals surface area contributed by atoms with Gasteiger partial charge in [-0.15, -0.1) is 11.8 Å². The first-order valence-corrected chi connectivity index (χ1v) is 19.0. The van der Waals surface area contributed by atoms with E-state index in [4.69, 9.17) is 16.3 Å². The van der Waals surface area contributed by atoms with Crippen LogP contribution in [0.3, 0.4) is 0 Å². The average molecular weight is 708 g/mol. The summed E-state index contributed by atoms with van der Waals surface area (Å²) >= 11 is 8.09. The van der Waals surface area contributed by atoms with E-state index in [9.17, 15) is 18.0 Å². The van der Waals surface area contributed by atoms with Gasteiger partial charge in [0, 0.05) is 29.4 Å². The molecular weight excluding hydrogens is 666 g/mol. The SMILES string of the molecule is CCCCNC(=O)[C@@H](Cc1ccccc1)N(Cc1ccccc1Cl)C(=O)CN(c1ccccc1OCC)S(=O)(=O)c1ccc(SC)cc1. The van der Waals surface area contributed by atoms with Crippen molar-refractivity contribution in [3.05, 3.63) is 119 Å². The van der Waals surface area contributed by atoms with Crippen LogP contribution in [-0.2, 0) is 32.6 Å². The fraction of sp³-hybridized carbons (Fsp3) is 0.297. The van der Waals surface area contributed by atoms with E-state index in [0.717, 1.165) is 27.6 Å². The van der Waals surface area contributed by atoms with Gasteiger partial charge in [0.25, 0.3) is 10.0 Å². The summed E-state index contributed by atoms with van der Waals surface area (Å²) in [4.78, 5) is 31.0. The summed E-state index contributed by atoms with van der Waals surface area (Å²) in [5, 5.41) is 3.43. The number of hydrogen-bond donors (Lipinski definition) is 1. The van der Waals surface area contributed by atoms with Crippen LogP contribution < -0.4 is 14.4 Å². The summed E-state index contributed by atoms with van der Waals surface area (Å²) in [6.07, 6.45) is 3.78. The van der Waals surface area contributed by atoms with Gasteiger partial charge in [0.15, 0.2) is 0 Å². The van der Waals surface area contributed by atoms with Crippen LogP contribution in [0, 0.1) is 0 Å². The van der Waals surface area contributed by atoms with Crippen molar-refractivity contribution in [1.29, 1.82) is 0 Å². The number of nitrogens with zero attached hydrogens (tertiary/aromatic N) is 2. The normalized spacial score (nSPS) is 11.8. The molecule has 0 spiro atoms. The fourth-order valence-corrected chi connectivity index (χ4v) is 7.23. The molecule has 0 saturated carbocycles. The van der Waals surface area contributed by atoms with E-state index >= 15 is 0 Å². The lowest BCUT2D eigenvalue weighted by Crippen LogP contribution is -2.53. The molecule has 4 aromatic carbocycles. The molecule has 0 aliphatic heterocycles. The van der Waals surface area contributed by atoms with Gasteiger partial charge in [0.1, 0.15) is 18.3 Å². The standard InChI is InChI=1S/C37H42ClN3O5S2/c1-4-6-24-39-37(43)34(25-28-14-8-7-9-15-28)40(26-29-16-10-11-17-32(29)38)36(42)27-41(33-18-12-13-19-35(33)46-5-2)48(44,45)31-22-20-30(47-3)21-23-31/h7-23,34H,4-6,24-27H2,1-3H3,(H,39,43)/t34-/m1/s1. The Balaban J connectivity index is 1.83. The maximum Gasteiger partial charge on any atom is 0.264 e. The second kappa shape index (κ2) is 18.0. The predicted molar refractivity (Wildman–Crippen MR) is 194 cm³/mol. The van der Waals surface area contributed by atoms with E-state index in [0.29, 0.717) is 22.9 Å². The number of carbonyl (C=O) groups is 2. The minimum Gasteiger partial charge on any atom is -0.492 e. The van der Waals surface area contributed by atoms with Gasteiger partial charge in [-0.25, -0.2) is 8.42 Å². The number of halogens is 1. The monoisotopic (exact) mass is 707 g/mol. The Labute approximate surface area is 293 Å². The summed E-state index contributed by atoms with van der Waals surface area (Å²) in [5.74, 6) is -0.588. The number of unbranched alkanes of at least 4 members (excludes halogenated alkanes) is 1. The molecule has 0 aliphatic rings. The van der Waals surface area contributed by atoms with Crippen molar-refractivity contribution in [3.8, 4) is 5.75 Å². The molecule has 8 nitrogen and oxygen atoms in total. The highest BCUT2D eigenvalue weighted by Gasteiger charge is 2.35. The number of ether oxygens (including phenoxy) is 1. The minimum atomic E-state index is -4.28. The van der Waals surface area contributed by atoms with Crippen molar-refractivity contribution in [3.63, 3.8) is 0 Å². The molecule has 1 atom stereocenters. The van der Waals surface area contributed by atoms with Crippen molar-refractivity contribution >= 4 is 50.9 Å². The van der Waals surface area contributed by atoms with Crippen LogP contribution in [0.15, 0.2) is 113 Å². The highest BCUT2D eigenvalue weighted by molar-refractivity contribution is 7.98. The van der Waals surface area contributed by atoms with Crippen molar-refractivity contribution in [2.45, 2.75) is 55.5 Å². The first-order chi connectivity index (χ1) is 23.2. The van der Waals surface area contributed by atoms with Gasteiger partial charge in [-0.2, -0.15) is 0 Å². The molecule has 0 unspecified atom stereocenters. The van der Waals surface area contributed by atoms with E-state index < -0.39 is 28.5 Å². The molecule has 0 bridgehead atoms. The molecular formula is C37H42ClN3O5S2. The molecule has 0 aromatic heterocycles. The van der Waals surface area contributed by atoms with E-state index in [1.165, 1.54) is 28.8 Å². The molecule has 11 heteroatoms. The molecule has 2 amide bonds. The number of nitrogens with one attached hydrogen (secondary N) is 1. The maximum absolute atomic E-state index is 14.7. The largest absolute Gasteiger partial charge is 0.492 e. The lowest BCUT2D eigenvalue weighted by Gasteiger charge is -2.34. The van der Waals surface area contributed by atoms with Crippen molar-refractivity contribution in [2.75, 3.05) is 30.3 Å². The molecule has 1 N–H and O–H groups in total. The van der Waals surface area contributed by atoms with Crippen molar-refractivity contribution in [2.24, 2.45) is 0 Å². The van der Waals surface area contributed by atoms with Crippen LogP contribution in [0.4, 0.5) is 5.69 Å². The van der Waals surface area contributed by atoms with Crippen LogP contribution in [0.5, 0.6) is 5.75 Å². The molecule has 0 saturated heterocycles. The predicted octanol–water partition coefficient (Wildman–Crippen LogP) is 7.21. The minimum absolute atomic E-state index is 0.0133. The number of benzene rings is 4. The topological polar surface area (TPSA) is 96.0 Å². The number of thioether (sulfide) groups is 1. The molecule has 254 valence electrons. The van der Waals surface area contributed by atoms with Crippen LogP contribution in [-0.4, -0.2) is 57.1 Å². The lowest BCUT2D eigenvalue weighted by atomic mass is 10.0. The lowest BCUT2D eigenvalue weighted by molar-refractivity contribution is -0.140. The number of carbonyl (C=O) groups excluding carboxylic acids is 2. The van der Waals surface area contributed by atoms with Crippen LogP contribution in [0.1, 0.15) is 37.8 Å². The van der Waals surface area contributed by atoms with Crippen LogP contribution in [0.2, 0.25) is 5.02 Å². The zero-order chi connectivity index (χ0) is 34.5. The zero-order valence-electron chi connectivity index (χ0n) is 27.5. The Hall–Kier alpha value is -3.99. The molecule has 4 rings (SSSR count). The van der Waals surface area contributed by atoms with E-state index in [-0.39, 0.29) is 36.1 Å². The Bertz CT molecular complexity index is 1750. The summed E-state index contributed by atoms with van der Waals surface area (Å²) in [6.45, 7) is 3.97. The maximum atomic E-state index is 14.7. The van der Waals surface area contributed by atoms with Gasteiger partial charge in [0.2, 0.25) is 11.8 Å². The van der Waals surface area contributed by atoms with Gasteiger partial charge < -0.3 is 15.0 Å². The Morgan fingerprint density at radius 2 is 1.56 bits per heavy atom. The van der Waals surface area contributed by atoms with Gasteiger partial charge in [0.05, 0.1) is 17.2 Å². The third kappa shape index (κ3) is 9.55. The first-order valence-electron chi connectivity index (χ1n) is 15.9. The molecule has 0 heterocycles. The quantitative estimate of drug-likeness (QED) is 0.0921. The first kappa shape index (κ1) is 36.8. The smallest absolute Gasteiger partial charge is 0.264 e. The molecule has 0 aliphatic carbocycles. The van der Waals surface area contributed by atoms with Crippen LogP contribution in [0.25, 0.3) is 0 Å². The number of para-hydroxylation sites is 2. The average Bonchev–Trinajstić information content (AvgIpc) is 3.10.